The largest absolute Gasteiger partial charge is 0.480 e. The second-order valence-corrected chi connectivity index (χ2v) is 4.72. The van der Waals surface area contributed by atoms with E-state index in [0.717, 1.165) is 0 Å². The van der Waals surface area contributed by atoms with Crippen molar-refractivity contribution in [3.05, 3.63) is 39.4 Å². The minimum atomic E-state index is -1.08. The van der Waals surface area contributed by atoms with Crippen molar-refractivity contribution in [1.29, 1.82) is 0 Å². The molecule has 2 rings (SSSR count). The van der Waals surface area contributed by atoms with E-state index in [1.807, 2.05) is 0 Å². The first kappa shape index (κ1) is 14.0. The highest BCUT2D eigenvalue weighted by Crippen LogP contribution is 2.27. The highest BCUT2D eigenvalue weighted by atomic mass is 16.6. The Morgan fingerprint density at radius 1 is 1.45 bits per heavy atom. The van der Waals surface area contributed by atoms with Crippen molar-refractivity contribution >= 4 is 17.6 Å². The van der Waals surface area contributed by atoms with Crippen LogP contribution in [0.2, 0.25) is 0 Å². The summed E-state index contributed by atoms with van der Waals surface area (Å²) >= 11 is 0. The van der Waals surface area contributed by atoms with Crippen LogP contribution in [0.4, 0.5) is 5.69 Å². The van der Waals surface area contributed by atoms with E-state index in [9.17, 15) is 19.7 Å². The summed E-state index contributed by atoms with van der Waals surface area (Å²) in [6.07, 6.45) is 0.961. The number of carbonyl (C=O) groups excluding carboxylic acids is 1. The van der Waals surface area contributed by atoms with E-state index in [4.69, 9.17) is 5.11 Å². The Balaban J connectivity index is 2.42. The number of nitrogens with zero attached hydrogens (tertiary/aromatic N) is 2. The minimum Gasteiger partial charge on any atom is -0.480 e. The average molecular weight is 278 g/mol. The molecular weight excluding hydrogens is 264 g/mol. The summed E-state index contributed by atoms with van der Waals surface area (Å²) in [6, 6.07) is 3.57. The monoisotopic (exact) mass is 278 g/mol. The van der Waals surface area contributed by atoms with Gasteiger partial charge in [-0.3, -0.25) is 14.9 Å². The number of carboxylic acid groups (broad SMARTS) is 1. The topological polar surface area (TPSA) is 101 Å². The fraction of sp³-hybridized carbons (Fsp3) is 0.385. The Morgan fingerprint density at radius 3 is 2.75 bits per heavy atom. The van der Waals surface area contributed by atoms with Crippen molar-refractivity contribution in [3.8, 4) is 0 Å². The van der Waals surface area contributed by atoms with Crippen LogP contribution in [0, 0.1) is 17.0 Å². The Labute approximate surface area is 115 Å². The highest BCUT2D eigenvalue weighted by molar-refractivity contribution is 6.00. The lowest BCUT2D eigenvalue weighted by Crippen LogP contribution is -2.40. The summed E-state index contributed by atoms with van der Waals surface area (Å²) in [5.74, 6) is -1.67. The van der Waals surface area contributed by atoms with Gasteiger partial charge in [0.25, 0.3) is 11.6 Å². The molecule has 1 aliphatic rings. The number of para-hydroxylation sites is 1. The summed E-state index contributed by atoms with van der Waals surface area (Å²) in [4.78, 5) is 35.2. The molecule has 7 nitrogen and oxygen atoms in total. The van der Waals surface area contributed by atoms with Crippen LogP contribution in [0.25, 0.3) is 0 Å². The number of benzene rings is 1. The van der Waals surface area contributed by atoms with Gasteiger partial charge in [0.05, 0.1) is 4.92 Å². The van der Waals surface area contributed by atoms with Gasteiger partial charge < -0.3 is 10.0 Å². The third-order valence-corrected chi connectivity index (χ3v) is 3.45. The van der Waals surface area contributed by atoms with Gasteiger partial charge in [-0.15, -0.1) is 0 Å². The van der Waals surface area contributed by atoms with Gasteiger partial charge in [-0.05, 0) is 25.8 Å². The molecule has 0 radical (unpaired) electrons. The molecule has 0 aliphatic carbocycles. The van der Waals surface area contributed by atoms with Gasteiger partial charge in [0, 0.05) is 12.1 Å². The van der Waals surface area contributed by atoms with Crippen LogP contribution < -0.4 is 0 Å². The fourth-order valence-corrected chi connectivity index (χ4v) is 2.50. The van der Waals surface area contributed by atoms with E-state index >= 15 is 0 Å². The zero-order chi connectivity index (χ0) is 14.9. The van der Waals surface area contributed by atoms with Gasteiger partial charge in [-0.1, -0.05) is 12.1 Å². The first-order valence-corrected chi connectivity index (χ1v) is 6.21. The smallest absolute Gasteiger partial charge is 0.326 e. The Kier molecular flexibility index (Phi) is 3.69. The molecular formula is C13H14N2O5. The summed E-state index contributed by atoms with van der Waals surface area (Å²) in [5.41, 5.74) is 0.0728. The quantitative estimate of drug-likeness (QED) is 0.668. The van der Waals surface area contributed by atoms with Crippen LogP contribution in [0.3, 0.4) is 0 Å². The number of nitro benzene ring substituents is 1. The maximum Gasteiger partial charge on any atom is 0.326 e. The molecule has 1 heterocycles. The first-order chi connectivity index (χ1) is 9.43. The van der Waals surface area contributed by atoms with Crippen LogP contribution in [0.15, 0.2) is 18.2 Å². The summed E-state index contributed by atoms with van der Waals surface area (Å²) < 4.78 is 0. The molecule has 0 spiro atoms. The van der Waals surface area contributed by atoms with Crippen LogP contribution >= 0.6 is 0 Å². The summed E-state index contributed by atoms with van der Waals surface area (Å²) in [5, 5.41) is 20.2. The highest BCUT2D eigenvalue weighted by Gasteiger charge is 2.37. The zero-order valence-corrected chi connectivity index (χ0v) is 10.9. The molecule has 0 bridgehead atoms. The predicted octanol–water partition coefficient (Wildman–Crippen LogP) is 1.59. The lowest BCUT2D eigenvalue weighted by molar-refractivity contribution is -0.385. The predicted molar refractivity (Wildman–Crippen MR) is 69.5 cm³/mol. The third-order valence-electron chi connectivity index (χ3n) is 3.45. The van der Waals surface area contributed by atoms with Crippen molar-refractivity contribution in [3.63, 3.8) is 0 Å². The van der Waals surface area contributed by atoms with Crippen LogP contribution in [-0.2, 0) is 4.79 Å². The molecule has 0 unspecified atom stereocenters. The van der Waals surface area contributed by atoms with E-state index in [1.54, 1.807) is 19.1 Å². The number of amides is 1. The third kappa shape index (κ3) is 2.34. The number of hydrogen-bond donors (Lipinski definition) is 1. The average Bonchev–Trinajstić information content (AvgIpc) is 2.86. The molecule has 1 atom stereocenters. The van der Waals surface area contributed by atoms with Gasteiger partial charge >= 0.3 is 5.97 Å². The van der Waals surface area contributed by atoms with Gasteiger partial charge in [0.1, 0.15) is 11.6 Å². The molecule has 1 amide bonds. The van der Waals surface area contributed by atoms with Gasteiger partial charge in [0.2, 0.25) is 0 Å². The maximum absolute atomic E-state index is 12.4. The summed E-state index contributed by atoms with van der Waals surface area (Å²) in [6.45, 7) is 1.86. The number of aryl methyl sites for hydroxylation is 1. The van der Waals surface area contributed by atoms with Crippen molar-refractivity contribution < 1.29 is 19.6 Å². The van der Waals surface area contributed by atoms with Gasteiger partial charge in [-0.2, -0.15) is 0 Å². The zero-order valence-electron chi connectivity index (χ0n) is 10.9. The molecule has 0 aromatic heterocycles. The lowest BCUT2D eigenvalue weighted by atomic mass is 10.1. The molecule has 0 saturated carbocycles. The number of carbonyl (C=O) groups is 2. The normalized spacial score (nSPS) is 18.1. The molecule has 1 N–H and O–H groups in total. The van der Waals surface area contributed by atoms with E-state index in [1.165, 1.54) is 11.0 Å². The van der Waals surface area contributed by atoms with Crippen molar-refractivity contribution in [2.45, 2.75) is 25.8 Å². The van der Waals surface area contributed by atoms with Crippen LogP contribution in [0.5, 0.6) is 0 Å². The molecule has 1 aromatic carbocycles. The number of carboxylic acids is 1. The fourth-order valence-electron chi connectivity index (χ4n) is 2.50. The number of hydrogen-bond acceptors (Lipinski definition) is 4. The Bertz CT molecular complexity index is 584. The van der Waals surface area contributed by atoms with Crippen LogP contribution in [-0.4, -0.2) is 39.4 Å². The number of rotatable bonds is 3. The molecule has 1 aromatic rings. The van der Waals surface area contributed by atoms with E-state index in [2.05, 4.69) is 0 Å². The minimum absolute atomic E-state index is 0.0526. The van der Waals surface area contributed by atoms with Crippen molar-refractivity contribution in [2.75, 3.05) is 6.54 Å². The number of aliphatic carboxylic acids is 1. The number of likely N-dealkylation sites (tertiary alicyclic amines) is 1. The molecule has 1 fully saturated rings. The Hall–Kier alpha value is -2.44. The lowest BCUT2D eigenvalue weighted by Gasteiger charge is -2.21. The second kappa shape index (κ2) is 5.28. The first-order valence-electron chi connectivity index (χ1n) is 6.21. The van der Waals surface area contributed by atoms with Gasteiger partial charge in [-0.25, -0.2) is 4.79 Å². The Morgan fingerprint density at radius 2 is 2.15 bits per heavy atom. The van der Waals surface area contributed by atoms with Crippen LogP contribution in [0.1, 0.15) is 28.8 Å². The molecule has 106 valence electrons. The SMILES string of the molecule is Cc1cccc(C(=O)N2CCC[C@@H]2C(=O)O)c1[N+](=O)[O-]. The van der Waals surface area contributed by atoms with E-state index < -0.39 is 22.8 Å². The molecule has 20 heavy (non-hydrogen) atoms. The van der Waals surface area contributed by atoms with E-state index in [-0.39, 0.29) is 11.3 Å². The van der Waals surface area contributed by atoms with Gasteiger partial charge in [0.15, 0.2) is 0 Å². The van der Waals surface area contributed by atoms with Crippen molar-refractivity contribution in [2.24, 2.45) is 0 Å². The maximum atomic E-state index is 12.4. The molecule has 7 heteroatoms. The second-order valence-electron chi connectivity index (χ2n) is 4.72. The molecule has 1 aliphatic heterocycles. The molecule has 1 saturated heterocycles. The van der Waals surface area contributed by atoms with Crippen molar-refractivity contribution in [1.82, 2.24) is 4.90 Å². The standard InChI is InChI=1S/C13H14N2O5/c1-8-4-2-5-9(11(8)15(19)20)12(16)14-7-3-6-10(14)13(17)18/h2,4-5,10H,3,6-7H2,1H3,(H,17,18)/t10-/m1/s1. The van der Waals surface area contributed by atoms with E-state index in [0.29, 0.717) is 24.9 Å². The summed E-state index contributed by atoms with van der Waals surface area (Å²) in [7, 11) is 0. The number of nitro groups is 1.